The van der Waals surface area contributed by atoms with E-state index in [4.69, 9.17) is 0 Å². The summed E-state index contributed by atoms with van der Waals surface area (Å²) in [7, 11) is 0. The fourth-order valence-corrected chi connectivity index (χ4v) is 2.90. The predicted octanol–water partition coefficient (Wildman–Crippen LogP) is 1.24. The van der Waals surface area contributed by atoms with E-state index in [1.807, 2.05) is 0 Å². The zero-order chi connectivity index (χ0) is 10.8. The van der Waals surface area contributed by atoms with Crippen molar-refractivity contribution in [2.45, 2.75) is 39.2 Å². The highest BCUT2D eigenvalue weighted by Gasteiger charge is 2.32. The maximum Gasteiger partial charge on any atom is 0.223 e. The number of piperidine rings is 1. The topological polar surface area (TPSA) is 32.3 Å². The van der Waals surface area contributed by atoms with E-state index in [1.54, 1.807) is 0 Å². The third kappa shape index (κ3) is 2.33. The number of hydrogen-bond donors (Lipinski definition) is 1. The van der Waals surface area contributed by atoms with Crippen LogP contribution in [0.5, 0.6) is 0 Å². The van der Waals surface area contributed by atoms with Crippen molar-refractivity contribution >= 4 is 5.91 Å². The van der Waals surface area contributed by atoms with Crippen molar-refractivity contribution in [2.24, 2.45) is 11.8 Å². The van der Waals surface area contributed by atoms with E-state index in [-0.39, 0.29) is 0 Å². The summed E-state index contributed by atoms with van der Waals surface area (Å²) in [4.78, 5) is 14.1. The number of nitrogens with zero attached hydrogens (tertiary/aromatic N) is 1. The molecule has 2 fully saturated rings. The van der Waals surface area contributed by atoms with Crippen molar-refractivity contribution in [3.05, 3.63) is 0 Å². The van der Waals surface area contributed by atoms with Gasteiger partial charge in [0, 0.05) is 19.0 Å². The van der Waals surface area contributed by atoms with Gasteiger partial charge in [-0.2, -0.15) is 0 Å². The van der Waals surface area contributed by atoms with E-state index in [1.165, 1.54) is 12.8 Å². The van der Waals surface area contributed by atoms with Crippen LogP contribution in [0.25, 0.3) is 0 Å². The molecule has 0 aromatic carbocycles. The molecule has 2 heterocycles. The van der Waals surface area contributed by atoms with Crippen LogP contribution in [0.4, 0.5) is 0 Å². The van der Waals surface area contributed by atoms with Crippen LogP contribution in [0.15, 0.2) is 0 Å². The predicted molar refractivity (Wildman–Crippen MR) is 60.5 cm³/mol. The molecule has 0 aliphatic carbocycles. The number of fused-ring (bicyclic) bond motifs is 1. The number of carbonyl (C=O) groups is 1. The minimum absolute atomic E-state index is 0.366. The third-order valence-electron chi connectivity index (χ3n) is 3.89. The summed E-state index contributed by atoms with van der Waals surface area (Å²) in [6.07, 6.45) is 3.15. The molecule has 0 radical (unpaired) electrons. The van der Waals surface area contributed by atoms with Gasteiger partial charge in [0.25, 0.3) is 0 Å². The number of nitrogens with one attached hydrogen (secondary N) is 1. The van der Waals surface area contributed by atoms with Crippen molar-refractivity contribution in [3.63, 3.8) is 0 Å². The van der Waals surface area contributed by atoms with Crippen LogP contribution in [0.2, 0.25) is 0 Å². The Hall–Kier alpha value is -0.570. The first kappa shape index (κ1) is 10.9. The van der Waals surface area contributed by atoms with Crippen LogP contribution in [0.1, 0.15) is 33.1 Å². The van der Waals surface area contributed by atoms with Gasteiger partial charge in [-0.15, -0.1) is 0 Å². The molecule has 2 saturated heterocycles. The average molecular weight is 210 g/mol. The molecule has 1 N–H and O–H groups in total. The molecule has 0 saturated carbocycles. The van der Waals surface area contributed by atoms with Crippen molar-refractivity contribution in [1.29, 1.82) is 0 Å². The first-order valence-electron chi connectivity index (χ1n) is 6.18. The van der Waals surface area contributed by atoms with E-state index in [0.29, 0.717) is 17.9 Å². The molecule has 2 aliphatic rings. The van der Waals surface area contributed by atoms with E-state index < -0.39 is 0 Å². The van der Waals surface area contributed by atoms with Gasteiger partial charge in [0.15, 0.2) is 0 Å². The SMILES string of the molecule is CC(C)N1CC[C@H]2CNCC[C@H]2CC1=O. The van der Waals surface area contributed by atoms with Gasteiger partial charge in [0.2, 0.25) is 5.91 Å². The maximum atomic E-state index is 12.0. The molecule has 2 rings (SSSR count). The molecule has 2 atom stereocenters. The third-order valence-corrected chi connectivity index (χ3v) is 3.89. The smallest absolute Gasteiger partial charge is 0.223 e. The standard InChI is InChI=1S/C12H22N2O/c1-9(2)14-6-4-11-8-13-5-3-10(11)7-12(14)15/h9-11,13H,3-8H2,1-2H3/t10-,11-/m0/s1. The second-order valence-electron chi connectivity index (χ2n) is 5.19. The minimum Gasteiger partial charge on any atom is -0.340 e. The summed E-state index contributed by atoms with van der Waals surface area (Å²) in [6, 6.07) is 0.366. The van der Waals surface area contributed by atoms with Crippen molar-refractivity contribution in [3.8, 4) is 0 Å². The Morgan fingerprint density at radius 1 is 1.33 bits per heavy atom. The first-order valence-corrected chi connectivity index (χ1v) is 6.18. The highest BCUT2D eigenvalue weighted by atomic mass is 16.2. The monoisotopic (exact) mass is 210 g/mol. The van der Waals surface area contributed by atoms with Gasteiger partial charge in [-0.25, -0.2) is 0 Å². The number of amides is 1. The molecular weight excluding hydrogens is 188 g/mol. The normalized spacial score (nSPS) is 32.7. The summed E-state index contributed by atoms with van der Waals surface area (Å²) >= 11 is 0. The van der Waals surface area contributed by atoms with Gasteiger partial charge in [-0.05, 0) is 51.6 Å². The lowest BCUT2D eigenvalue weighted by Crippen LogP contribution is -2.37. The van der Waals surface area contributed by atoms with Gasteiger partial charge in [0.05, 0.1) is 0 Å². The molecule has 0 spiro atoms. The maximum absolute atomic E-state index is 12.0. The Morgan fingerprint density at radius 2 is 2.13 bits per heavy atom. The largest absolute Gasteiger partial charge is 0.340 e. The van der Waals surface area contributed by atoms with Crippen LogP contribution in [0.3, 0.4) is 0 Å². The van der Waals surface area contributed by atoms with Gasteiger partial charge in [0.1, 0.15) is 0 Å². The van der Waals surface area contributed by atoms with E-state index in [0.717, 1.165) is 32.0 Å². The highest BCUT2D eigenvalue weighted by Crippen LogP contribution is 2.29. The second-order valence-corrected chi connectivity index (χ2v) is 5.19. The van der Waals surface area contributed by atoms with Crippen LogP contribution < -0.4 is 5.32 Å². The summed E-state index contributed by atoms with van der Waals surface area (Å²) in [6.45, 7) is 7.40. The highest BCUT2D eigenvalue weighted by molar-refractivity contribution is 5.77. The number of hydrogen-bond acceptors (Lipinski definition) is 2. The Labute approximate surface area is 92.2 Å². The molecule has 0 bridgehead atoms. The van der Waals surface area contributed by atoms with Crippen molar-refractivity contribution in [2.75, 3.05) is 19.6 Å². The summed E-state index contributed by atoms with van der Waals surface area (Å²) in [5.74, 6) is 1.74. The number of carbonyl (C=O) groups excluding carboxylic acids is 1. The molecule has 1 amide bonds. The molecule has 0 unspecified atom stereocenters. The molecule has 0 aromatic rings. The molecule has 0 aromatic heterocycles. The lowest BCUT2D eigenvalue weighted by atomic mass is 9.83. The molecule has 86 valence electrons. The molecule has 3 heteroatoms. The van der Waals surface area contributed by atoms with Crippen LogP contribution >= 0.6 is 0 Å². The summed E-state index contributed by atoms with van der Waals surface area (Å²) in [5.41, 5.74) is 0. The Kier molecular flexibility index (Phi) is 3.29. The van der Waals surface area contributed by atoms with Crippen LogP contribution in [0, 0.1) is 11.8 Å². The van der Waals surface area contributed by atoms with Gasteiger partial charge >= 0.3 is 0 Å². The van der Waals surface area contributed by atoms with E-state index in [2.05, 4.69) is 24.1 Å². The first-order chi connectivity index (χ1) is 7.18. The van der Waals surface area contributed by atoms with E-state index >= 15 is 0 Å². The molecule has 2 aliphatic heterocycles. The Morgan fingerprint density at radius 3 is 2.87 bits per heavy atom. The zero-order valence-electron chi connectivity index (χ0n) is 9.83. The number of rotatable bonds is 1. The lowest BCUT2D eigenvalue weighted by molar-refractivity contribution is -0.133. The minimum atomic E-state index is 0.366. The number of likely N-dealkylation sites (tertiary alicyclic amines) is 1. The second kappa shape index (κ2) is 4.52. The molecular formula is C12H22N2O. The van der Waals surface area contributed by atoms with Crippen LogP contribution in [-0.4, -0.2) is 36.5 Å². The fourth-order valence-electron chi connectivity index (χ4n) is 2.90. The van der Waals surface area contributed by atoms with Gasteiger partial charge in [-0.1, -0.05) is 0 Å². The summed E-state index contributed by atoms with van der Waals surface area (Å²) < 4.78 is 0. The molecule has 15 heavy (non-hydrogen) atoms. The van der Waals surface area contributed by atoms with Gasteiger partial charge in [-0.3, -0.25) is 4.79 Å². The Bertz CT molecular complexity index is 240. The van der Waals surface area contributed by atoms with Crippen molar-refractivity contribution < 1.29 is 4.79 Å². The molecule has 3 nitrogen and oxygen atoms in total. The quantitative estimate of drug-likeness (QED) is 0.706. The van der Waals surface area contributed by atoms with Crippen molar-refractivity contribution in [1.82, 2.24) is 10.2 Å². The lowest BCUT2D eigenvalue weighted by Gasteiger charge is -2.29. The van der Waals surface area contributed by atoms with Crippen LogP contribution in [-0.2, 0) is 4.79 Å². The average Bonchev–Trinajstić information content (AvgIpc) is 2.35. The zero-order valence-corrected chi connectivity index (χ0v) is 9.83. The Balaban J connectivity index is 2.04. The fraction of sp³-hybridized carbons (Fsp3) is 0.917. The van der Waals surface area contributed by atoms with Gasteiger partial charge < -0.3 is 10.2 Å². The van der Waals surface area contributed by atoms with E-state index in [9.17, 15) is 4.79 Å². The summed E-state index contributed by atoms with van der Waals surface area (Å²) in [5, 5.41) is 3.44.